The van der Waals surface area contributed by atoms with Gasteiger partial charge in [0.2, 0.25) is 0 Å². The lowest BCUT2D eigenvalue weighted by molar-refractivity contribution is -0.725. The van der Waals surface area contributed by atoms with Crippen molar-refractivity contribution in [1.82, 2.24) is 4.90 Å². The van der Waals surface area contributed by atoms with Gasteiger partial charge in [-0.2, -0.15) is 0 Å². The van der Waals surface area contributed by atoms with Crippen molar-refractivity contribution in [2.75, 3.05) is 11.6 Å². The molecular formula is C21H36N2O3S2. The van der Waals surface area contributed by atoms with Crippen LogP contribution in [0.15, 0.2) is 0 Å². The summed E-state index contributed by atoms with van der Waals surface area (Å²) in [6.07, 6.45) is 15.8. The lowest BCUT2D eigenvalue weighted by atomic mass is 9.91. The number of thioether (sulfide) groups is 1. The highest BCUT2D eigenvalue weighted by Gasteiger charge is 2.27. The van der Waals surface area contributed by atoms with Crippen LogP contribution in [-0.2, 0) is 9.59 Å². The Kier molecular flexibility index (Phi) is 10.8. The number of hydrogen-bond acceptors (Lipinski definition) is 5. The molecule has 1 atom stereocenters. The number of carboxylic acid groups (broad SMARTS) is 1. The number of carbonyl (C=O) groups is 2. The third-order valence-electron chi connectivity index (χ3n) is 6.01. The number of carbonyl (C=O) groups excluding carboxylic acids is 2. The highest BCUT2D eigenvalue weighted by molar-refractivity contribution is 7.99. The zero-order valence-corrected chi connectivity index (χ0v) is 18.8. The summed E-state index contributed by atoms with van der Waals surface area (Å²) >= 11 is 6.61. The minimum Gasteiger partial charge on any atom is -0.548 e. The second-order valence-electron chi connectivity index (χ2n) is 8.39. The number of nitrogens with zero attached hydrogens (tertiary/aromatic N) is 1. The van der Waals surface area contributed by atoms with Gasteiger partial charge >= 0.3 is 0 Å². The van der Waals surface area contributed by atoms with E-state index in [9.17, 15) is 14.7 Å². The third-order valence-corrected chi connectivity index (χ3v) is 7.46. The van der Waals surface area contributed by atoms with Crippen LogP contribution in [0.4, 0.5) is 0 Å². The summed E-state index contributed by atoms with van der Waals surface area (Å²) in [5.41, 5.74) is 0. The Hall–Kier alpha value is -0.660. The van der Waals surface area contributed by atoms with Crippen molar-refractivity contribution >= 4 is 40.7 Å². The molecule has 3 aliphatic rings. The Labute approximate surface area is 179 Å². The van der Waals surface area contributed by atoms with Crippen molar-refractivity contribution in [1.29, 1.82) is 0 Å². The van der Waals surface area contributed by atoms with Gasteiger partial charge in [-0.3, -0.25) is 0 Å². The lowest BCUT2D eigenvalue weighted by Gasteiger charge is -2.27. The number of rotatable bonds is 6. The van der Waals surface area contributed by atoms with Gasteiger partial charge in [0.15, 0.2) is 0 Å². The van der Waals surface area contributed by atoms with E-state index in [1.807, 2.05) is 0 Å². The Morgan fingerprint density at radius 2 is 1.54 bits per heavy atom. The molecule has 160 valence electrons. The van der Waals surface area contributed by atoms with Crippen LogP contribution in [0.2, 0.25) is 0 Å². The zero-order chi connectivity index (χ0) is 20.4. The molecule has 0 bridgehead atoms. The molecule has 0 unspecified atom stereocenters. The molecule has 2 aliphatic carbocycles. The monoisotopic (exact) mass is 428 g/mol. The van der Waals surface area contributed by atoms with Crippen LogP contribution in [-0.4, -0.2) is 51.4 Å². The third kappa shape index (κ3) is 8.37. The first-order valence-corrected chi connectivity index (χ1v) is 12.5. The maximum atomic E-state index is 10.8. The van der Waals surface area contributed by atoms with E-state index in [1.165, 1.54) is 82.9 Å². The van der Waals surface area contributed by atoms with Crippen molar-refractivity contribution in [3.8, 4) is 0 Å². The highest BCUT2D eigenvalue weighted by atomic mass is 32.2. The largest absolute Gasteiger partial charge is 0.548 e. The zero-order valence-electron chi connectivity index (χ0n) is 17.2. The fourth-order valence-corrected chi connectivity index (χ4v) is 5.90. The smallest absolute Gasteiger partial charge is 0.130 e. The number of hydrogen-bond donors (Lipinski definition) is 1. The summed E-state index contributed by atoms with van der Waals surface area (Å²) < 4.78 is 0. The summed E-state index contributed by atoms with van der Waals surface area (Å²) in [5, 5.41) is 13.5. The van der Waals surface area contributed by atoms with E-state index < -0.39 is 12.0 Å². The van der Waals surface area contributed by atoms with Gasteiger partial charge in [-0.05, 0) is 58.3 Å². The quantitative estimate of drug-likeness (QED) is 0.652. The first kappa shape index (κ1) is 23.6. The summed E-state index contributed by atoms with van der Waals surface area (Å²) in [7, 11) is 0. The van der Waals surface area contributed by atoms with Crippen LogP contribution in [0.25, 0.3) is 0 Å². The van der Waals surface area contributed by atoms with Gasteiger partial charge in [-0.15, -0.1) is 11.8 Å². The molecular weight excluding hydrogens is 392 g/mol. The molecule has 0 amide bonds. The Bertz CT molecular complexity index is 502. The fourth-order valence-electron chi connectivity index (χ4n) is 4.35. The molecule has 0 aromatic rings. The number of carboxylic acids is 1. The number of quaternary nitrogens is 1. The van der Waals surface area contributed by atoms with E-state index >= 15 is 0 Å². The molecule has 1 heterocycles. The van der Waals surface area contributed by atoms with Crippen LogP contribution in [0.1, 0.15) is 84.0 Å². The van der Waals surface area contributed by atoms with Crippen LogP contribution in [0.3, 0.4) is 0 Å². The Morgan fingerprint density at radius 1 is 1.00 bits per heavy atom. The van der Waals surface area contributed by atoms with Crippen LogP contribution >= 0.6 is 24.0 Å². The number of thiocarbonyl (C=S) groups is 1. The molecule has 1 aliphatic heterocycles. The second kappa shape index (κ2) is 12.8. The number of aliphatic carboxylic acids is 1. The van der Waals surface area contributed by atoms with Gasteiger partial charge in [-0.25, -0.2) is 0 Å². The number of nitrogens with two attached hydrogens (primary N) is 1. The van der Waals surface area contributed by atoms with Crippen molar-refractivity contribution < 1.29 is 20.0 Å². The maximum absolute atomic E-state index is 10.8. The molecule has 1 saturated heterocycles. The fraction of sp³-hybridized carbons (Fsp3) is 0.857. The molecule has 3 fully saturated rings. The topological polar surface area (TPSA) is 77.0 Å². The van der Waals surface area contributed by atoms with E-state index in [2.05, 4.69) is 5.32 Å². The van der Waals surface area contributed by atoms with Crippen LogP contribution < -0.4 is 10.4 Å². The van der Waals surface area contributed by atoms with Crippen LogP contribution in [0, 0.1) is 0 Å². The van der Waals surface area contributed by atoms with Crippen molar-refractivity contribution in [2.24, 2.45) is 0 Å². The second-order valence-corrected chi connectivity index (χ2v) is 9.86. The summed E-state index contributed by atoms with van der Waals surface area (Å²) in [6, 6.07) is 1.36. The number of ketones is 1. The van der Waals surface area contributed by atoms with Gasteiger partial charge in [0.25, 0.3) is 0 Å². The van der Waals surface area contributed by atoms with Gasteiger partial charge in [0.05, 0.1) is 35.0 Å². The van der Waals surface area contributed by atoms with Crippen molar-refractivity contribution in [3.63, 3.8) is 0 Å². The van der Waals surface area contributed by atoms with Gasteiger partial charge in [0, 0.05) is 18.6 Å². The van der Waals surface area contributed by atoms with Crippen molar-refractivity contribution in [2.45, 2.75) is 102 Å². The predicted octanol–water partition coefficient (Wildman–Crippen LogP) is 2.02. The minimum atomic E-state index is -1.09. The average molecular weight is 429 g/mol. The summed E-state index contributed by atoms with van der Waals surface area (Å²) in [4.78, 5) is 23.7. The predicted molar refractivity (Wildman–Crippen MR) is 116 cm³/mol. The maximum Gasteiger partial charge on any atom is 0.130 e. The molecule has 0 radical (unpaired) electrons. The standard InChI is InChI=1S/C12H23N.C9H13NO3S2/c1-3-7-11(8-4-1)13-12-9-5-2-6-10-12;1-6(11)2-3-8(14)10-5-15-4-7(10)9(12)13/h11-13H,1-10H2;7H,2-5H2,1H3,(H,12,13)/t;7-/m.0/s1. The first-order valence-electron chi connectivity index (χ1n) is 10.9. The van der Waals surface area contributed by atoms with E-state index in [0.717, 1.165) is 12.1 Å². The molecule has 28 heavy (non-hydrogen) atoms. The molecule has 0 aromatic carbocycles. The van der Waals surface area contributed by atoms with Crippen LogP contribution in [0.5, 0.6) is 0 Å². The number of Topliss-reactive ketones (excluding diaryl/α,β-unsaturated/α-hetero) is 1. The van der Waals surface area contributed by atoms with E-state index in [-0.39, 0.29) is 5.78 Å². The lowest BCUT2D eigenvalue weighted by Crippen LogP contribution is -2.95. The minimum absolute atomic E-state index is 0.0641. The van der Waals surface area contributed by atoms with E-state index in [0.29, 0.717) is 29.5 Å². The first-order chi connectivity index (χ1) is 13.5. The highest BCUT2D eigenvalue weighted by Crippen LogP contribution is 2.22. The Morgan fingerprint density at radius 3 is 2.00 bits per heavy atom. The Balaban J connectivity index is 0.000000202. The molecule has 0 spiro atoms. The molecule has 7 heteroatoms. The van der Waals surface area contributed by atoms with E-state index in [1.54, 1.807) is 4.90 Å². The average Bonchev–Trinajstić information content (AvgIpc) is 3.19. The molecule has 3 rings (SSSR count). The SMILES string of the molecule is C1CCC([NH2+]C2CCCCC2)CC1.CC(=O)CCC(=S)N1CSC[C@H]1C(=O)[O-]. The normalized spacial score (nSPS) is 23.8. The van der Waals surface area contributed by atoms with Gasteiger partial charge < -0.3 is 24.9 Å². The van der Waals surface area contributed by atoms with Gasteiger partial charge in [-0.1, -0.05) is 25.1 Å². The van der Waals surface area contributed by atoms with E-state index in [4.69, 9.17) is 12.2 Å². The molecule has 0 aromatic heterocycles. The van der Waals surface area contributed by atoms with Gasteiger partial charge in [0.1, 0.15) is 5.78 Å². The molecule has 2 saturated carbocycles. The van der Waals surface area contributed by atoms with Crippen molar-refractivity contribution in [3.05, 3.63) is 0 Å². The summed E-state index contributed by atoms with van der Waals surface area (Å²) in [6.45, 7) is 1.50. The summed E-state index contributed by atoms with van der Waals surface area (Å²) in [5.74, 6) is 0.0529. The molecule has 2 N–H and O–H groups in total. The molecule has 5 nitrogen and oxygen atoms in total.